The minimum absolute atomic E-state index is 0.0520. The Labute approximate surface area is 146 Å². The molecule has 0 spiro atoms. The normalized spacial score (nSPS) is 11.8. The lowest BCUT2D eigenvalue weighted by Gasteiger charge is -2.25. The van der Waals surface area contributed by atoms with Gasteiger partial charge in [0.1, 0.15) is 0 Å². The Balaban J connectivity index is 1.92. The molecule has 0 aliphatic heterocycles. The highest BCUT2D eigenvalue weighted by Gasteiger charge is 2.14. The SMILES string of the molecule is CN(C)C(CNC(=S)Nc1ccc([N+](=O)[O-])cc1)c1ccccc1. The molecule has 0 amide bonds. The van der Waals surface area contributed by atoms with Crippen molar-refractivity contribution in [3.63, 3.8) is 0 Å². The molecule has 24 heavy (non-hydrogen) atoms. The van der Waals surface area contributed by atoms with Gasteiger partial charge in [-0.1, -0.05) is 30.3 Å². The van der Waals surface area contributed by atoms with Gasteiger partial charge in [0.25, 0.3) is 5.69 Å². The van der Waals surface area contributed by atoms with Crippen LogP contribution in [-0.4, -0.2) is 35.6 Å². The first-order valence-electron chi connectivity index (χ1n) is 7.48. The standard InChI is InChI=1S/C17H20N4O2S/c1-20(2)16(13-6-4-3-5-7-13)12-18-17(24)19-14-8-10-15(11-9-14)21(22)23/h3-11,16H,12H2,1-2H3,(H2,18,19,24). The van der Waals surface area contributed by atoms with E-state index >= 15 is 0 Å². The predicted molar refractivity (Wildman–Crippen MR) is 100 cm³/mol. The van der Waals surface area contributed by atoms with Gasteiger partial charge in [0.15, 0.2) is 5.11 Å². The highest BCUT2D eigenvalue weighted by molar-refractivity contribution is 7.80. The minimum atomic E-state index is -0.429. The quantitative estimate of drug-likeness (QED) is 0.476. The van der Waals surface area contributed by atoms with Crippen molar-refractivity contribution >= 4 is 28.7 Å². The minimum Gasteiger partial charge on any atom is -0.361 e. The summed E-state index contributed by atoms with van der Waals surface area (Å²) in [5, 5.41) is 17.4. The number of hydrogen-bond donors (Lipinski definition) is 2. The summed E-state index contributed by atoms with van der Waals surface area (Å²) in [6, 6.07) is 16.5. The lowest BCUT2D eigenvalue weighted by atomic mass is 10.1. The number of non-ortho nitro benzene ring substituents is 1. The van der Waals surface area contributed by atoms with Crippen molar-refractivity contribution in [3.05, 3.63) is 70.3 Å². The number of hydrogen-bond acceptors (Lipinski definition) is 4. The van der Waals surface area contributed by atoms with E-state index in [1.165, 1.54) is 17.7 Å². The van der Waals surface area contributed by atoms with Crippen molar-refractivity contribution in [1.29, 1.82) is 0 Å². The number of benzene rings is 2. The molecule has 1 unspecified atom stereocenters. The number of nitro groups is 1. The van der Waals surface area contributed by atoms with E-state index in [9.17, 15) is 10.1 Å². The summed E-state index contributed by atoms with van der Waals surface area (Å²) < 4.78 is 0. The third-order valence-electron chi connectivity index (χ3n) is 3.60. The van der Waals surface area contributed by atoms with Gasteiger partial charge in [-0.05, 0) is 44.0 Å². The Kier molecular flexibility index (Phi) is 6.22. The van der Waals surface area contributed by atoms with Crippen LogP contribution in [0.25, 0.3) is 0 Å². The smallest absolute Gasteiger partial charge is 0.269 e. The van der Waals surface area contributed by atoms with Crippen molar-refractivity contribution in [2.75, 3.05) is 26.0 Å². The zero-order valence-electron chi connectivity index (χ0n) is 13.6. The van der Waals surface area contributed by atoms with Crippen LogP contribution in [0.15, 0.2) is 54.6 Å². The van der Waals surface area contributed by atoms with Gasteiger partial charge >= 0.3 is 0 Å². The number of nitrogens with zero attached hydrogens (tertiary/aromatic N) is 2. The summed E-state index contributed by atoms with van der Waals surface area (Å²) in [7, 11) is 4.04. The van der Waals surface area contributed by atoms with Crippen molar-refractivity contribution < 1.29 is 4.92 Å². The van der Waals surface area contributed by atoms with Gasteiger partial charge in [-0.2, -0.15) is 0 Å². The highest BCUT2D eigenvalue weighted by atomic mass is 32.1. The molecule has 0 bridgehead atoms. The second kappa shape index (κ2) is 8.37. The van der Waals surface area contributed by atoms with Crippen LogP contribution in [0.5, 0.6) is 0 Å². The molecule has 0 radical (unpaired) electrons. The molecule has 2 rings (SSSR count). The first-order chi connectivity index (χ1) is 11.5. The van der Waals surface area contributed by atoms with Gasteiger partial charge in [-0.25, -0.2) is 0 Å². The van der Waals surface area contributed by atoms with Crippen LogP contribution in [0.3, 0.4) is 0 Å². The van der Waals surface area contributed by atoms with Crippen LogP contribution in [0, 0.1) is 10.1 Å². The molecule has 7 heteroatoms. The third-order valence-corrected chi connectivity index (χ3v) is 3.85. The molecular weight excluding hydrogens is 324 g/mol. The van der Waals surface area contributed by atoms with Crippen molar-refractivity contribution in [1.82, 2.24) is 10.2 Å². The lowest BCUT2D eigenvalue weighted by Crippen LogP contribution is -2.36. The van der Waals surface area contributed by atoms with Crippen LogP contribution in [0.1, 0.15) is 11.6 Å². The predicted octanol–water partition coefficient (Wildman–Crippen LogP) is 3.18. The molecular formula is C17H20N4O2S. The maximum absolute atomic E-state index is 10.7. The Bertz CT molecular complexity index is 689. The fourth-order valence-electron chi connectivity index (χ4n) is 2.30. The largest absolute Gasteiger partial charge is 0.361 e. The molecule has 0 saturated carbocycles. The van der Waals surface area contributed by atoms with Gasteiger partial charge < -0.3 is 15.5 Å². The molecule has 2 aromatic carbocycles. The molecule has 2 N–H and O–H groups in total. The summed E-state index contributed by atoms with van der Waals surface area (Å²) in [4.78, 5) is 12.3. The van der Waals surface area contributed by atoms with E-state index in [0.29, 0.717) is 17.3 Å². The molecule has 126 valence electrons. The highest BCUT2D eigenvalue weighted by Crippen LogP contribution is 2.17. The molecule has 0 aliphatic rings. The number of thiocarbonyl (C=S) groups is 1. The molecule has 0 saturated heterocycles. The summed E-state index contributed by atoms with van der Waals surface area (Å²) in [6.07, 6.45) is 0. The van der Waals surface area contributed by atoms with Crippen LogP contribution in [-0.2, 0) is 0 Å². The third kappa shape index (κ3) is 5.00. The average Bonchev–Trinajstić information content (AvgIpc) is 2.56. The first kappa shape index (κ1) is 17.8. The molecule has 0 fully saturated rings. The van der Waals surface area contributed by atoms with E-state index in [4.69, 9.17) is 12.2 Å². The van der Waals surface area contributed by atoms with Crippen LogP contribution in [0.4, 0.5) is 11.4 Å². The van der Waals surface area contributed by atoms with Crippen LogP contribution < -0.4 is 10.6 Å². The van der Waals surface area contributed by atoms with Crippen molar-refractivity contribution in [3.8, 4) is 0 Å². The van der Waals surface area contributed by atoms with Crippen LogP contribution in [0.2, 0.25) is 0 Å². The summed E-state index contributed by atoms with van der Waals surface area (Å²) >= 11 is 5.30. The number of likely N-dealkylation sites (N-methyl/N-ethyl adjacent to an activating group) is 1. The van der Waals surface area contributed by atoms with E-state index in [0.717, 1.165) is 0 Å². The zero-order valence-corrected chi connectivity index (χ0v) is 14.4. The first-order valence-corrected chi connectivity index (χ1v) is 7.89. The summed E-state index contributed by atoms with van der Waals surface area (Å²) in [5.41, 5.74) is 1.96. The molecule has 0 aliphatic carbocycles. The second-order valence-corrected chi connectivity index (χ2v) is 5.94. The van der Waals surface area contributed by atoms with Gasteiger partial charge in [0.05, 0.1) is 11.0 Å². The molecule has 2 aromatic rings. The van der Waals surface area contributed by atoms with E-state index in [1.54, 1.807) is 12.1 Å². The zero-order chi connectivity index (χ0) is 17.5. The van der Waals surface area contributed by atoms with Crippen molar-refractivity contribution in [2.45, 2.75) is 6.04 Å². The molecule has 1 atom stereocenters. The van der Waals surface area contributed by atoms with E-state index in [2.05, 4.69) is 27.7 Å². The fraction of sp³-hybridized carbons (Fsp3) is 0.235. The van der Waals surface area contributed by atoms with E-state index in [1.807, 2.05) is 32.3 Å². The molecule has 0 heterocycles. The average molecular weight is 344 g/mol. The Hall–Kier alpha value is -2.51. The van der Waals surface area contributed by atoms with Crippen LogP contribution >= 0.6 is 12.2 Å². The Morgan fingerprint density at radius 2 is 1.79 bits per heavy atom. The molecule has 6 nitrogen and oxygen atoms in total. The summed E-state index contributed by atoms with van der Waals surface area (Å²) in [6.45, 7) is 0.649. The molecule has 0 aromatic heterocycles. The monoisotopic (exact) mass is 344 g/mol. The van der Waals surface area contributed by atoms with Gasteiger partial charge in [-0.3, -0.25) is 10.1 Å². The van der Waals surface area contributed by atoms with E-state index in [-0.39, 0.29) is 11.7 Å². The van der Waals surface area contributed by atoms with Gasteiger partial charge in [0.2, 0.25) is 0 Å². The number of nitrogens with one attached hydrogen (secondary N) is 2. The maximum Gasteiger partial charge on any atom is 0.269 e. The Morgan fingerprint density at radius 1 is 1.17 bits per heavy atom. The second-order valence-electron chi connectivity index (χ2n) is 5.53. The fourth-order valence-corrected chi connectivity index (χ4v) is 2.51. The number of rotatable bonds is 6. The summed E-state index contributed by atoms with van der Waals surface area (Å²) in [5.74, 6) is 0. The van der Waals surface area contributed by atoms with E-state index < -0.39 is 4.92 Å². The maximum atomic E-state index is 10.7. The van der Waals surface area contributed by atoms with Gasteiger partial charge in [0, 0.05) is 24.4 Å². The lowest BCUT2D eigenvalue weighted by molar-refractivity contribution is -0.384. The Morgan fingerprint density at radius 3 is 2.33 bits per heavy atom. The van der Waals surface area contributed by atoms with Gasteiger partial charge in [-0.15, -0.1) is 0 Å². The topological polar surface area (TPSA) is 70.4 Å². The number of anilines is 1. The van der Waals surface area contributed by atoms with Crippen molar-refractivity contribution in [2.24, 2.45) is 0 Å². The number of nitro benzene ring substituents is 1.